The van der Waals surface area contributed by atoms with Crippen LogP contribution in [0.15, 0.2) is 12.1 Å². The van der Waals surface area contributed by atoms with Crippen molar-refractivity contribution in [3.63, 3.8) is 0 Å². The summed E-state index contributed by atoms with van der Waals surface area (Å²) in [7, 11) is 0. The highest BCUT2D eigenvalue weighted by Crippen LogP contribution is 2.37. The van der Waals surface area contributed by atoms with Crippen molar-refractivity contribution in [2.75, 3.05) is 0 Å². The van der Waals surface area contributed by atoms with Crippen LogP contribution in [0.4, 0.5) is 0 Å². The standard InChI is InChI=1S/C14H14I2/c1-2-10-8-12(15)14(13(16)9-10)11-6-4-3-5-7-11/h1,8-9,11H,3-7H2. The third-order valence-corrected chi connectivity index (χ3v) is 5.04. The van der Waals surface area contributed by atoms with Crippen LogP contribution >= 0.6 is 45.2 Å². The molecule has 0 N–H and O–H groups in total. The fraction of sp³-hybridized carbons (Fsp3) is 0.429. The average molecular weight is 436 g/mol. The summed E-state index contributed by atoms with van der Waals surface area (Å²) in [6.45, 7) is 0. The van der Waals surface area contributed by atoms with Crippen LogP contribution in [0, 0.1) is 19.5 Å². The van der Waals surface area contributed by atoms with Crippen molar-refractivity contribution >= 4 is 45.2 Å². The van der Waals surface area contributed by atoms with Gasteiger partial charge in [-0.2, -0.15) is 0 Å². The number of hydrogen-bond donors (Lipinski definition) is 0. The summed E-state index contributed by atoms with van der Waals surface area (Å²) in [4.78, 5) is 0. The molecule has 0 radical (unpaired) electrons. The zero-order valence-corrected chi connectivity index (χ0v) is 13.4. The molecule has 0 atom stereocenters. The van der Waals surface area contributed by atoms with Crippen LogP contribution in [0.25, 0.3) is 0 Å². The molecule has 0 saturated heterocycles. The van der Waals surface area contributed by atoms with Crippen LogP contribution in [-0.4, -0.2) is 0 Å². The first-order chi connectivity index (χ1) is 7.72. The molecule has 1 saturated carbocycles. The molecular formula is C14H14I2. The monoisotopic (exact) mass is 436 g/mol. The largest absolute Gasteiger partial charge is 0.115 e. The molecule has 0 heterocycles. The van der Waals surface area contributed by atoms with E-state index in [1.165, 1.54) is 39.2 Å². The van der Waals surface area contributed by atoms with Crippen molar-refractivity contribution in [1.82, 2.24) is 0 Å². The van der Waals surface area contributed by atoms with E-state index < -0.39 is 0 Å². The van der Waals surface area contributed by atoms with Crippen LogP contribution in [0.2, 0.25) is 0 Å². The summed E-state index contributed by atoms with van der Waals surface area (Å²) < 4.78 is 2.70. The normalized spacial score (nSPS) is 17.1. The van der Waals surface area contributed by atoms with Crippen molar-refractivity contribution < 1.29 is 0 Å². The Morgan fingerprint density at radius 1 is 1.06 bits per heavy atom. The maximum atomic E-state index is 5.46. The Morgan fingerprint density at radius 2 is 1.62 bits per heavy atom. The lowest BCUT2D eigenvalue weighted by Crippen LogP contribution is -2.08. The van der Waals surface area contributed by atoms with Gasteiger partial charge in [0, 0.05) is 12.7 Å². The number of halogens is 2. The molecule has 84 valence electrons. The topological polar surface area (TPSA) is 0 Å². The molecule has 0 unspecified atom stereocenters. The minimum Gasteiger partial charge on any atom is -0.115 e. The van der Waals surface area contributed by atoms with Gasteiger partial charge in [0.1, 0.15) is 0 Å². The zero-order valence-electron chi connectivity index (χ0n) is 9.10. The van der Waals surface area contributed by atoms with Gasteiger partial charge in [-0.05, 0) is 81.6 Å². The zero-order chi connectivity index (χ0) is 11.5. The van der Waals surface area contributed by atoms with Gasteiger partial charge >= 0.3 is 0 Å². The van der Waals surface area contributed by atoms with Crippen molar-refractivity contribution in [3.8, 4) is 12.3 Å². The lowest BCUT2D eigenvalue weighted by molar-refractivity contribution is 0.441. The summed E-state index contributed by atoms with van der Waals surface area (Å²) in [5, 5.41) is 0. The maximum absolute atomic E-state index is 5.46. The molecule has 1 aliphatic rings. The Hall–Kier alpha value is 0.240. The Bertz CT molecular complexity index is 400. The fourth-order valence-corrected chi connectivity index (χ4v) is 5.10. The van der Waals surface area contributed by atoms with E-state index in [1.54, 1.807) is 5.56 Å². The number of benzene rings is 1. The molecule has 0 aromatic heterocycles. The fourth-order valence-electron chi connectivity index (χ4n) is 2.45. The van der Waals surface area contributed by atoms with E-state index in [4.69, 9.17) is 6.42 Å². The van der Waals surface area contributed by atoms with Crippen LogP contribution in [0.3, 0.4) is 0 Å². The molecule has 1 aromatic rings. The Kier molecular flexibility index (Phi) is 4.54. The van der Waals surface area contributed by atoms with Gasteiger partial charge in [0.15, 0.2) is 0 Å². The molecule has 0 bridgehead atoms. The molecule has 0 amide bonds. The molecule has 2 heteroatoms. The average Bonchev–Trinajstić information content (AvgIpc) is 2.29. The molecule has 0 spiro atoms. The van der Waals surface area contributed by atoms with E-state index in [2.05, 4.69) is 63.2 Å². The van der Waals surface area contributed by atoms with E-state index in [0.29, 0.717) is 0 Å². The molecule has 2 rings (SSSR count). The van der Waals surface area contributed by atoms with Crippen molar-refractivity contribution in [2.24, 2.45) is 0 Å². The lowest BCUT2D eigenvalue weighted by Gasteiger charge is -2.24. The summed E-state index contributed by atoms with van der Waals surface area (Å²) >= 11 is 4.87. The third-order valence-electron chi connectivity index (χ3n) is 3.26. The highest BCUT2D eigenvalue weighted by molar-refractivity contribution is 14.1. The Labute approximate surface area is 125 Å². The van der Waals surface area contributed by atoms with E-state index >= 15 is 0 Å². The van der Waals surface area contributed by atoms with Gasteiger partial charge in [-0.1, -0.05) is 25.2 Å². The van der Waals surface area contributed by atoms with Crippen LogP contribution in [-0.2, 0) is 0 Å². The van der Waals surface area contributed by atoms with Crippen molar-refractivity contribution in [1.29, 1.82) is 0 Å². The lowest BCUT2D eigenvalue weighted by atomic mass is 9.84. The van der Waals surface area contributed by atoms with Gasteiger partial charge in [0.25, 0.3) is 0 Å². The number of hydrogen-bond acceptors (Lipinski definition) is 0. The first-order valence-electron chi connectivity index (χ1n) is 5.68. The van der Waals surface area contributed by atoms with Gasteiger partial charge in [0.05, 0.1) is 0 Å². The Balaban J connectivity index is 2.36. The smallest absolute Gasteiger partial charge is 0.0263 e. The Morgan fingerprint density at radius 3 is 2.12 bits per heavy atom. The van der Waals surface area contributed by atoms with E-state index in [0.717, 1.165) is 11.5 Å². The number of rotatable bonds is 1. The minimum absolute atomic E-state index is 0.763. The molecular weight excluding hydrogens is 422 g/mol. The third kappa shape index (κ3) is 2.73. The summed E-state index contributed by atoms with van der Waals surface area (Å²) in [6.07, 6.45) is 12.3. The molecule has 1 fully saturated rings. The SMILES string of the molecule is C#Cc1cc(I)c(C2CCCCC2)c(I)c1. The van der Waals surface area contributed by atoms with Gasteiger partial charge in [0.2, 0.25) is 0 Å². The van der Waals surface area contributed by atoms with Crippen LogP contribution < -0.4 is 0 Å². The second-order valence-electron chi connectivity index (χ2n) is 4.33. The van der Waals surface area contributed by atoms with Gasteiger partial charge in [-0.25, -0.2) is 0 Å². The second kappa shape index (κ2) is 5.72. The van der Waals surface area contributed by atoms with Crippen molar-refractivity contribution in [3.05, 3.63) is 30.4 Å². The molecule has 1 aliphatic carbocycles. The molecule has 1 aromatic carbocycles. The summed E-state index contributed by atoms with van der Waals surface area (Å²) in [5.41, 5.74) is 2.55. The van der Waals surface area contributed by atoms with Crippen LogP contribution in [0.1, 0.15) is 49.1 Å². The quantitative estimate of drug-likeness (QED) is 0.433. The predicted molar refractivity (Wildman–Crippen MR) is 85.6 cm³/mol. The molecule has 0 aliphatic heterocycles. The molecule has 0 nitrogen and oxygen atoms in total. The van der Waals surface area contributed by atoms with Crippen molar-refractivity contribution in [2.45, 2.75) is 38.0 Å². The number of terminal acetylenes is 1. The maximum Gasteiger partial charge on any atom is 0.0263 e. The van der Waals surface area contributed by atoms with Gasteiger partial charge < -0.3 is 0 Å². The predicted octanol–water partition coefficient (Wildman–Crippen LogP) is 4.92. The summed E-state index contributed by atoms with van der Waals surface area (Å²) in [6, 6.07) is 4.29. The first kappa shape index (κ1) is 12.7. The van der Waals surface area contributed by atoms with Gasteiger partial charge in [-0.3, -0.25) is 0 Å². The first-order valence-corrected chi connectivity index (χ1v) is 7.83. The van der Waals surface area contributed by atoms with E-state index in [-0.39, 0.29) is 0 Å². The van der Waals surface area contributed by atoms with E-state index in [9.17, 15) is 0 Å². The highest BCUT2D eigenvalue weighted by atomic mass is 127. The highest BCUT2D eigenvalue weighted by Gasteiger charge is 2.20. The minimum atomic E-state index is 0.763. The van der Waals surface area contributed by atoms with E-state index in [1.807, 2.05) is 0 Å². The van der Waals surface area contributed by atoms with Crippen LogP contribution in [0.5, 0.6) is 0 Å². The van der Waals surface area contributed by atoms with Gasteiger partial charge in [-0.15, -0.1) is 6.42 Å². The second-order valence-corrected chi connectivity index (χ2v) is 6.66. The summed E-state index contributed by atoms with van der Waals surface area (Å²) in [5.74, 6) is 3.49. The molecule has 16 heavy (non-hydrogen) atoms.